The van der Waals surface area contributed by atoms with Gasteiger partial charge in [-0.1, -0.05) is 22.6 Å². The van der Waals surface area contributed by atoms with Crippen LogP contribution in [0.5, 0.6) is 0 Å². The third-order valence-corrected chi connectivity index (χ3v) is 7.06. The Bertz CT molecular complexity index is 577. The number of aliphatic hydroxyl groups excluding tert-OH is 2. The maximum Gasteiger partial charge on any atom is 0.185 e. The highest BCUT2D eigenvalue weighted by Gasteiger charge is 2.50. The van der Waals surface area contributed by atoms with E-state index in [9.17, 15) is 15.3 Å². The summed E-state index contributed by atoms with van der Waals surface area (Å²) in [5.74, 6) is 0. The van der Waals surface area contributed by atoms with Crippen molar-refractivity contribution in [1.29, 1.82) is 0 Å². The first-order valence-corrected chi connectivity index (χ1v) is 11.5. The standard InChI is InChI=1S/C18H35IN4O7/c1-18(26)6-27-17(12(25)15(18)23-2)30-14-9(22)5-8(21)13(11(14)24)29-16-7(20)3-4-10(19)28-16/h7-17,23-26H,3-6,20-22H2,1-2H3. The molecule has 1 aliphatic carbocycles. The van der Waals surface area contributed by atoms with Crippen LogP contribution in [0.1, 0.15) is 26.2 Å². The highest BCUT2D eigenvalue weighted by molar-refractivity contribution is 14.1. The van der Waals surface area contributed by atoms with Crippen molar-refractivity contribution >= 4 is 22.6 Å². The molecule has 0 aromatic rings. The Hall–Kier alpha value is 0.290. The van der Waals surface area contributed by atoms with Crippen LogP contribution >= 0.6 is 22.6 Å². The summed E-state index contributed by atoms with van der Waals surface area (Å²) in [6.45, 7) is 1.50. The van der Waals surface area contributed by atoms with E-state index in [0.717, 1.165) is 12.8 Å². The summed E-state index contributed by atoms with van der Waals surface area (Å²) < 4.78 is 23.2. The summed E-state index contributed by atoms with van der Waals surface area (Å²) in [5.41, 5.74) is 17.3. The normalized spacial score (nSPS) is 52.9. The molecule has 0 radical (unpaired) electrons. The van der Waals surface area contributed by atoms with Crippen molar-refractivity contribution in [2.24, 2.45) is 17.2 Å². The van der Waals surface area contributed by atoms with Crippen LogP contribution in [0.3, 0.4) is 0 Å². The fourth-order valence-corrected chi connectivity index (χ4v) is 5.07. The van der Waals surface area contributed by atoms with Gasteiger partial charge in [0.05, 0.1) is 18.7 Å². The number of alkyl halides is 1. The van der Waals surface area contributed by atoms with Gasteiger partial charge in [0.15, 0.2) is 12.6 Å². The zero-order valence-corrected chi connectivity index (χ0v) is 19.4. The van der Waals surface area contributed by atoms with Crippen LogP contribution in [0.4, 0.5) is 0 Å². The predicted octanol–water partition coefficient (Wildman–Crippen LogP) is -2.54. The first kappa shape index (κ1) is 24.9. The Morgan fingerprint density at radius 1 is 1.00 bits per heavy atom. The van der Waals surface area contributed by atoms with E-state index in [1.807, 2.05) is 0 Å². The molecule has 0 aromatic heterocycles. The first-order chi connectivity index (χ1) is 14.0. The van der Waals surface area contributed by atoms with Crippen molar-refractivity contribution in [2.75, 3.05) is 13.7 Å². The minimum Gasteiger partial charge on any atom is -0.388 e. The van der Waals surface area contributed by atoms with Gasteiger partial charge in [-0.3, -0.25) is 0 Å². The number of ether oxygens (including phenoxy) is 4. The van der Waals surface area contributed by atoms with Crippen molar-refractivity contribution in [3.8, 4) is 0 Å². The summed E-state index contributed by atoms with van der Waals surface area (Å²) in [6, 6.07) is -2.15. The maximum absolute atomic E-state index is 11.0. The van der Waals surface area contributed by atoms with Crippen LogP contribution in [0.15, 0.2) is 0 Å². The van der Waals surface area contributed by atoms with Gasteiger partial charge >= 0.3 is 0 Å². The molecule has 2 saturated heterocycles. The third kappa shape index (κ3) is 5.26. The van der Waals surface area contributed by atoms with Crippen molar-refractivity contribution in [3.63, 3.8) is 0 Å². The summed E-state index contributed by atoms with van der Waals surface area (Å²) in [5, 5.41) is 34.9. The Labute approximate surface area is 190 Å². The van der Waals surface area contributed by atoms with Gasteiger partial charge in [-0.2, -0.15) is 0 Å². The minimum atomic E-state index is -1.28. The molecule has 1 saturated carbocycles. The summed E-state index contributed by atoms with van der Waals surface area (Å²) in [4.78, 5) is 0. The number of halogens is 1. The molecule has 12 heteroatoms. The molecule has 3 rings (SSSR count). The highest BCUT2D eigenvalue weighted by atomic mass is 127. The molecule has 0 spiro atoms. The Kier molecular flexibility index (Phi) is 8.35. The summed E-state index contributed by atoms with van der Waals surface area (Å²) in [7, 11) is 1.63. The molecule has 10 N–H and O–H groups in total. The highest BCUT2D eigenvalue weighted by Crippen LogP contribution is 2.32. The molecule has 3 aliphatic rings. The van der Waals surface area contributed by atoms with Crippen molar-refractivity contribution in [1.82, 2.24) is 5.32 Å². The molecule has 0 aromatic carbocycles. The lowest BCUT2D eigenvalue weighted by Gasteiger charge is -2.48. The van der Waals surface area contributed by atoms with Gasteiger partial charge in [-0.05, 0) is 33.2 Å². The lowest BCUT2D eigenvalue weighted by molar-refractivity contribution is -0.305. The Morgan fingerprint density at radius 3 is 2.20 bits per heavy atom. The third-order valence-electron chi connectivity index (χ3n) is 6.14. The van der Waals surface area contributed by atoms with Crippen LogP contribution in [-0.2, 0) is 18.9 Å². The summed E-state index contributed by atoms with van der Waals surface area (Å²) in [6.07, 6.45) is -3.95. The van der Waals surface area contributed by atoms with Gasteiger partial charge in [0.1, 0.15) is 34.1 Å². The second-order valence-corrected chi connectivity index (χ2v) is 10.1. The molecule has 0 bridgehead atoms. The molecule has 176 valence electrons. The fourth-order valence-electron chi connectivity index (χ4n) is 4.42. The lowest BCUT2D eigenvalue weighted by Crippen LogP contribution is -2.68. The summed E-state index contributed by atoms with van der Waals surface area (Å²) >= 11 is 2.17. The van der Waals surface area contributed by atoms with Gasteiger partial charge < -0.3 is 56.8 Å². The molecule has 3 fully saturated rings. The zero-order valence-electron chi connectivity index (χ0n) is 17.3. The van der Waals surface area contributed by atoms with Gasteiger partial charge in [0.25, 0.3) is 0 Å². The smallest absolute Gasteiger partial charge is 0.185 e. The van der Waals surface area contributed by atoms with E-state index in [0.29, 0.717) is 6.42 Å². The largest absolute Gasteiger partial charge is 0.388 e. The van der Waals surface area contributed by atoms with Gasteiger partial charge in [-0.25, -0.2) is 0 Å². The van der Waals surface area contributed by atoms with E-state index in [2.05, 4.69) is 27.9 Å². The SMILES string of the molecule is CNC1C(O)C(OC2C(N)CC(N)C(OC3OC(I)CCC3N)C2O)OCC1(C)O. The van der Waals surface area contributed by atoms with E-state index in [4.69, 9.17) is 36.1 Å². The number of rotatable bonds is 5. The molecule has 2 aliphatic heterocycles. The minimum absolute atomic E-state index is 0.0317. The van der Waals surface area contributed by atoms with E-state index in [-0.39, 0.29) is 16.8 Å². The second kappa shape index (κ2) is 10.1. The number of hydrogen-bond donors (Lipinski definition) is 7. The lowest BCUT2D eigenvalue weighted by atomic mass is 9.84. The van der Waals surface area contributed by atoms with E-state index < -0.39 is 60.7 Å². The van der Waals surface area contributed by atoms with Gasteiger partial charge in [-0.15, -0.1) is 0 Å². The van der Waals surface area contributed by atoms with E-state index >= 15 is 0 Å². The van der Waals surface area contributed by atoms with Gasteiger partial charge in [0.2, 0.25) is 0 Å². The van der Waals surface area contributed by atoms with Crippen molar-refractivity contribution in [3.05, 3.63) is 0 Å². The number of hydrogen-bond acceptors (Lipinski definition) is 11. The molecule has 11 nitrogen and oxygen atoms in total. The van der Waals surface area contributed by atoms with Crippen LogP contribution in [0.25, 0.3) is 0 Å². The first-order valence-electron chi connectivity index (χ1n) is 10.3. The van der Waals surface area contributed by atoms with Crippen molar-refractivity contribution in [2.45, 2.75) is 97.1 Å². The second-order valence-electron chi connectivity index (χ2n) is 8.70. The monoisotopic (exact) mass is 546 g/mol. The molecule has 2 heterocycles. The van der Waals surface area contributed by atoms with Crippen LogP contribution in [-0.4, -0.2) is 99.8 Å². The Morgan fingerprint density at radius 2 is 1.60 bits per heavy atom. The molecular weight excluding hydrogens is 511 g/mol. The average molecular weight is 546 g/mol. The topological polar surface area (TPSA) is 188 Å². The van der Waals surface area contributed by atoms with Crippen molar-refractivity contribution < 1.29 is 34.3 Å². The quantitative estimate of drug-likeness (QED) is 0.142. The number of nitrogens with one attached hydrogen (secondary N) is 1. The van der Waals surface area contributed by atoms with Gasteiger partial charge in [0, 0.05) is 12.1 Å². The molecule has 0 amide bonds. The average Bonchev–Trinajstić information content (AvgIpc) is 2.66. The zero-order chi connectivity index (χ0) is 22.2. The van der Waals surface area contributed by atoms with E-state index in [1.54, 1.807) is 14.0 Å². The van der Waals surface area contributed by atoms with Crippen LogP contribution in [0.2, 0.25) is 0 Å². The van der Waals surface area contributed by atoms with Crippen LogP contribution in [0, 0.1) is 0 Å². The molecule has 12 unspecified atom stereocenters. The number of likely N-dealkylation sites (N-methyl/N-ethyl adjacent to an activating group) is 1. The predicted molar refractivity (Wildman–Crippen MR) is 115 cm³/mol. The molecule has 30 heavy (non-hydrogen) atoms. The number of aliphatic hydroxyl groups is 3. The van der Waals surface area contributed by atoms with E-state index in [1.165, 1.54) is 0 Å². The maximum atomic E-state index is 11.0. The molecular formula is C18H35IN4O7. The number of nitrogens with two attached hydrogens (primary N) is 3. The molecule has 12 atom stereocenters. The van der Waals surface area contributed by atoms with Crippen LogP contribution < -0.4 is 22.5 Å². The fraction of sp³-hybridized carbons (Fsp3) is 1.00. The Balaban J connectivity index is 1.69.